The standard InChI is InChI=1S/C15H17F3N2O3/c1-10-6-2-3-7-11(10)20-9-5-4-8-14(19,12(20)21)23-13(22)15(16,17)18/h2-3,6-7H,4-5,8-9,19H2,1H3/t14-/m0/s1. The van der Waals surface area contributed by atoms with E-state index < -0.39 is 23.8 Å². The minimum Gasteiger partial charge on any atom is -0.428 e. The number of nitrogens with zero attached hydrogens (tertiary/aromatic N) is 1. The van der Waals surface area contributed by atoms with Gasteiger partial charge in [0.05, 0.1) is 0 Å². The molecule has 1 atom stereocenters. The van der Waals surface area contributed by atoms with E-state index in [1.807, 2.05) is 0 Å². The second kappa shape index (κ2) is 6.19. The summed E-state index contributed by atoms with van der Waals surface area (Å²) < 4.78 is 41.6. The summed E-state index contributed by atoms with van der Waals surface area (Å²) in [4.78, 5) is 25.0. The lowest BCUT2D eigenvalue weighted by Gasteiger charge is -2.32. The first kappa shape index (κ1) is 17.3. The molecule has 0 aromatic heterocycles. The van der Waals surface area contributed by atoms with Crippen LogP contribution in [0.5, 0.6) is 0 Å². The Morgan fingerprint density at radius 3 is 2.57 bits per heavy atom. The summed E-state index contributed by atoms with van der Waals surface area (Å²) in [5.41, 5.74) is 4.74. The third-order valence-corrected chi connectivity index (χ3v) is 3.70. The molecule has 2 N–H and O–H groups in total. The van der Waals surface area contributed by atoms with Gasteiger partial charge in [-0.25, -0.2) is 4.79 Å². The molecule has 1 heterocycles. The average molecular weight is 330 g/mol. The number of alkyl halides is 3. The first-order chi connectivity index (χ1) is 10.6. The molecule has 126 valence electrons. The summed E-state index contributed by atoms with van der Waals surface area (Å²) in [6.07, 6.45) is -4.44. The topological polar surface area (TPSA) is 72.6 Å². The van der Waals surface area contributed by atoms with Gasteiger partial charge >= 0.3 is 12.1 Å². The third kappa shape index (κ3) is 3.64. The van der Waals surface area contributed by atoms with Crippen LogP contribution in [0.15, 0.2) is 24.3 Å². The van der Waals surface area contributed by atoms with E-state index in [4.69, 9.17) is 5.73 Å². The van der Waals surface area contributed by atoms with E-state index in [1.165, 1.54) is 4.90 Å². The summed E-state index contributed by atoms with van der Waals surface area (Å²) >= 11 is 0. The number of hydrogen-bond donors (Lipinski definition) is 1. The number of amides is 1. The summed E-state index contributed by atoms with van der Waals surface area (Å²) in [6.45, 7) is 2.07. The lowest BCUT2D eigenvalue weighted by Crippen LogP contribution is -2.58. The van der Waals surface area contributed by atoms with Gasteiger partial charge in [0, 0.05) is 18.7 Å². The van der Waals surface area contributed by atoms with Crippen LogP contribution in [0, 0.1) is 6.92 Å². The van der Waals surface area contributed by atoms with Crippen molar-refractivity contribution in [2.75, 3.05) is 11.4 Å². The Balaban J connectivity index is 2.33. The quantitative estimate of drug-likeness (QED) is 0.667. The Hall–Kier alpha value is -2.09. The number of halogens is 3. The molecule has 5 nitrogen and oxygen atoms in total. The average Bonchev–Trinajstić information content (AvgIpc) is 2.59. The fourth-order valence-electron chi connectivity index (χ4n) is 2.51. The Kier molecular flexibility index (Phi) is 4.65. The van der Waals surface area contributed by atoms with E-state index in [1.54, 1.807) is 31.2 Å². The monoisotopic (exact) mass is 330 g/mol. The maximum absolute atomic E-state index is 12.6. The van der Waals surface area contributed by atoms with Gasteiger partial charge in [-0.2, -0.15) is 13.2 Å². The normalized spacial score (nSPS) is 22.7. The van der Waals surface area contributed by atoms with Crippen LogP contribution in [0.4, 0.5) is 18.9 Å². The largest absolute Gasteiger partial charge is 0.491 e. The van der Waals surface area contributed by atoms with Crippen molar-refractivity contribution in [2.24, 2.45) is 5.73 Å². The van der Waals surface area contributed by atoms with Gasteiger partial charge in [-0.1, -0.05) is 18.2 Å². The van der Waals surface area contributed by atoms with Crippen LogP contribution < -0.4 is 10.6 Å². The van der Waals surface area contributed by atoms with E-state index in [2.05, 4.69) is 4.74 Å². The van der Waals surface area contributed by atoms with Crippen molar-refractivity contribution in [2.45, 2.75) is 38.1 Å². The number of carbonyl (C=O) groups excluding carboxylic acids is 2. The number of para-hydroxylation sites is 1. The first-order valence-corrected chi connectivity index (χ1v) is 7.12. The van der Waals surface area contributed by atoms with Gasteiger partial charge in [-0.15, -0.1) is 0 Å². The van der Waals surface area contributed by atoms with E-state index in [9.17, 15) is 22.8 Å². The highest BCUT2D eigenvalue weighted by Gasteiger charge is 2.50. The molecule has 1 aliphatic rings. The molecule has 0 unspecified atom stereocenters. The molecule has 0 saturated carbocycles. The van der Waals surface area contributed by atoms with Crippen LogP contribution >= 0.6 is 0 Å². The van der Waals surface area contributed by atoms with Crippen LogP contribution in [0.3, 0.4) is 0 Å². The predicted octanol–water partition coefficient (Wildman–Crippen LogP) is 2.27. The van der Waals surface area contributed by atoms with Crippen molar-refractivity contribution in [1.29, 1.82) is 0 Å². The zero-order valence-electron chi connectivity index (χ0n) is 12.5. The molecule has 1 aromatic rings. The van der Waals surface area contributed by atoms with Gasteiger partial charge < -0.3 is 9.64 Å². The second-order valence-corrected chi connectivity index (χ2v) is 5.48. The Labute approximate surface area is 131 Å². The number of rotatable bonds is 2. The van der Waals surface area contributed by atoms with Gasteiger partial charge in [-0.3, -0.25) is 10.5 Å². The van der Waals surface area contributed by atoms with Gasteiger partial charge in [0.2, 0.25) is 5.72 Å². The summed E-state index contributed by atoms with van der Waals surface area (Å²) in [5, 5.41) is 0. The molecule has 0 bridgehead atoms. The maximum atomic E-state index is 12.6. The van der Waals surface area contributed by atoms with E-state index in [0.29, 0.717) is 25.1 Å². The molecule has 0 radical (unpaired) electrons. The number of aryl methyl sites for hydroxylation is 1. The molecular formula is C15H17F3N2O3. The first-order valence-electron chi connectivity index (χ1n) is 7.12. The van der Waals surface area contributed by atoms with Gasteiger partial charge in [0.25, 0.3) is 5.91 Å². The highest BCUT2D eigenvalue weighted by atomic mass is 19.4. The minimum atomic E-state index is -5.20. The summed E-state index contributed by atoms with van der Waals surface area (Å²) in [5.74, 6) is -3.30. The number of carbonyl (C=O) groups is 2. The number of ether oxygens (including phenoxy) is 1. The molecule has 1 fully saturated rings. The van der Waals surface area contributed by atoms with Crippen LogP contribution in [0.1, 0.15) is 24.8 Å². The number of anilines is 1. The fraction of sp³-hybridized carbons (Fsp3) is 0.467. The SMILES string of the molecule is Cc1ccccc1N1CCCC[C@](N)(OC(=O)C(F)(F)F)C1=O. The molecular weight excluding hydrogens is 313 g/mol. The van der Waals surface area contributed by atoms with Crippen molar-refractivity contribution in [3.05, 3.63) is 29.8 Å². The summed E-state index contributed by atoms with van der Waals surface area (Å²) in [6, 6.07) is 6.93. The lowest BCUT2D eigenvalue weighted by molar-refractivity contribution is -0.214. The van der Waals surface area contributed by atoms with E-state index in [-0.39, 0.29) is 6.42 Å². The van der Waals surface area contributed by atoms with Crippen LogP contribution in [-0.2, 0) is 14.3 Å². The zero-order chi connectivity index (χ0) is 17.3. The zero-order valence-corrected chi connectivity index (χ0v) is 12.5. The lowest BCUT2D eigenvalue weighted by atomic mass is 10.1. The smallest absolute Gasteiger partial charge is 0.428 e. The molecule has 1 aliphatic heterocycles. The van der Waals surface area contributed by atoms with Crippen molar-refractivity contribution in [3.63, 3.8) is 0 Å². The highest BCUT2D eigenvalue weighted by Crippen LogP contribution is 2.30. The predicted molar refractivity (Wildman–Crippen MR) is 76.4 cm³/mol. The van der Waals surface area contributed by atoms with Crippen LogP contribution in [0.25, 0.3) is 0 Å². The minimum absolute atomic E-state index is 0.157. The maximum Gasteiger partial charge on any atom is 0.491 e. The van der Waals surface area contributed by atoms with E-state index in [0.717, 1.165) is 5.56 Å². The Bertz CT molecular complexity index is 618. The van der Waals surface area contributed by atoms with E-state index >= 15 is 0 Å². The number of hydrogen-bond acceptors (Lipinski definition) is 4. The molecule has 1 amide bonds. The molecule has 1 aromatic carbocycles. The highest BCUT2D eigenvalue weighted by molar-refractivity contribution is 6.01. The van der Waals surface area contributed by atoms with Crippen LogP contribution in [-0.4, -0.2) is 30.3 Å². The van der Waals surface area contributed by atoms with Gasteiger partial charge in [-0.05, 0) is 31.4 Å². The van der Waals surface area contributed by atoms with Crippen molar-refractivity contribution >= 4 is 17.6 Å². The summed E-state index contributed by atoms with van der Waals surface area (Å²) in [7, 11) is 0. The number of nitrogens with two attached hydrogens (primary N) is 1. The van der Waals surface area contributed by atoms with Gasteiger partial charge in [0.15, 0.2) is 0 Å². The van der Waals surface area contributed by atoms with Crippen molar-refractivity contribution in [3.8, 4) is 0 Å². The van der Waals surface area contributed by atoms with Gasteiger partial charge in [0.1, 0.15) is 0 Å². The van der Waals surface area contributed by atoms with Crippen molar-refractivity contribution in [1.82, 2.24) is 0 Å². The molecule has 0 spiro atoms. The number of esters is 1. The molecule has 8 heteroatoms. The molecule has 0 aliphatic carbocycles. The number of benzene rings is 1. The molecule has 1 saturated heterocycles. The fourth-order valence-corrected chi connectivity index (χ4v) is 2.51. The molecule has 2 rings (SSSR count). The molecule has 23 heavy (non-hydrogen) atoms. The third-order valence-electron chi connectivity index (χ3n) is 3.70. The van der Waals surface area contributed by atoms with Crippen LogP contribution in [0.2, 0.25) is 0 Å². The Morgan fingerprint density at radius 1 is 1.30 bits per heavy atom. The van der Waals surface area contributed by atoms with Crippen molar-refractivity contribution < 1.29 is 27.5 Å². The second-order valence-electron chi connectivity index (χ2n) is 5.48. The Morgan fingerprint density at radius 2 is 1.96 bits per heavy atom.